The van der Waals surface area contributed by atoms with Crippen LogP contribution in [0.15, 0.2) is 60.8 Å². The number of phosphoric acid groups is 1. The summed E-state index contributed by atoms with van der Waals surface area (Å²) in [4.78, 5) is 34.9. The van der Waals surface area contributed by atoms with E-state index in [2.05, 4.69) is 74.6 Å². The molecule has 0 heterocycles. The van der Waals surface area contributed by atoms with Gasteiger partial charge in [-0.3, -0.25) is 18.6 Å². The van der Waals surface area contributed by atoms with Crippen LogP contribution in [0.2, 0.25) is 0 Å². The normalized spacial score (nSPS) is 13.7. The minimum atomic E-state index is -4.29. The molecule has 0 aliphatic heterocycles. The zero-order valence-corrected chi connectivity index (χ0v) is 41.2. The summed E-state index contributed by atoms with van der Waals surface area (Å²) < 4.78 is 32.8. The van der Waals surface area contributed by atoms with E-state index in [1.165, 1.54) is 116 Å². The largest absolute Gasteiger partial charge is 0.472 e. The molecule has 0 saturated carbocycles. The number of carbonyl (C=O) groups is 2. The molecule has 2 atom stereocenters. The Hall–Kier alpha value is -2.25. The highest BCUT2D eigenvalue weighted by Gasteiger charge is 2.25. The number of carbonyl (C=O) groups excluding carboxylic acids is 2. The van der Waals surface area contributed by atoms with Crippen LogP contribution in [-0.4, -0.2) is 42.8 Å². The molecule has 0 aromatic heterocycles. The summed E-state index contributed by atoms with van der Waals surface area (Å²) in [6.07, 6.45) is 60.0. The predicted molar refractivity (Wildman–Crippen MR) is 262 cm³/mol. The van der Waals surface area contributed by atoms with Crippen molar-refractivity contribution in [3.05, 3.63) is 60.8 Å². The second kappa shape index (κ2) is 48.2. The zero-order chi connectivity index (χ0) is 45.3. The van der Waals surface area contributed by atoms with Crippen molar-refractivity contribution in [3.8, 4) is 0 Å². The number of hydrogen-bond acceptors (Lipinski definition) is 7. The van der Waals surface area contributed by atoms with Gasteiger partial charge in [0.15, 0.2) is 6.10 Å². The molecule has 62 heavy (non-hydrogen) atoms. The Bertz CT molecular complexity index is 1190. The summed E-state index contributed by atoms with van der Waals surface area (Å²) in [7, 11) is -4.29. The molecule has 0 spiro atoms. The van der Waals surface area contributed by atoms with Gasteiger partial charge in [0.2, 0.25) is 0 Å². The minimum absolute atomic E-state index is 0.00458. The lowest BCUT2D eigenvalue weighted by molar-refractivity contribution is -0.161. The first kappa shape index (κ1) is 59.8. The van der Waals surface area contributed by atoms with Crippen LogP contribution in [0.3, 0.4) is 0 Å². The molecule has 0 aromatic carbocycles. The molecular formula is C53H95O8P. The lowest BCUT2D eigenvalue weighted by Gasteiger charge is -2.19. The topological polar surface area (TPSA) is 108 Å². The third kappa shape index (κ3) is 47.2. The number of unbranched alkanes of at least 4 members (excludes halogenated alkanes) is 25. The van der Waals surface area contributed by atoms with Gasteiger partial charge in [0.25, 0.3) is 0 Å². The Morgan fingerprint density at radius 2 is 0.823 bits per heavy atom. The van der Waals surface area contributed by atoms with Crippen LogP contribution in [0.4, 0.5) is 0 Å². The van der Waals surface area contributed by atoms with Crippen LogP contribution in [0.5, 0.6) is 0 Å². The average molecular weight is 891 g/mol. The predicted octanol–water partition coefficient (Wildman–Crippen LogP) is 16.7. The van der Waals surface area contributed by atoms with Crippen molar-refractivity contribution in [1.82, 2.24) is 0 Å². The second-order valence-corrected chi connectivity index (χ2v) is 18.3. The van der Waals surface area contributed by atoms with Gasteiger partial charge in [-0.15, -0.1) is 0 Å². The van der Waals surface area contributed by atoms with Crippen LogP contribution in [0.25, 0.3) is 0 Å². The summed E-state index contributed by atoms with van der Waals surface area (Å²) in [5.74, 6) is -0.811. The summed E-state index contributed by atoms with van der Waals surface area (Å²) in [6.45, 7) is 5.37. The summed E-state index contributed by atoms with van der Waals surface area (Å²) >= 11 is 0. The van der Waals surface area contributed by atoms with Crippen molar-refractivity contribution >= 4 is 19.8 Å². The first-order chi connectivity index (χ1) is 30.3. The molecule has 2 unspecified atom stereocenters. The van der Waals surface area contributed by atoms with Gasteiger partial charge < -0.3 is 14.4 Å². The molecule has 0 amide bonds. The molecule has 1 N–H and O–H groups in total. The summed E-state index contributed by atoms with van der Waals surface area (Å²) in [5, 5.41) is 0. The van der Waals surface area contributed by atoms with E-state index in [1.54, 1.807) is 6.92 Å². The van der Waals surface area contributed by atoms with Crippen LogP contribution >= 0.6 is 7.82 Å². The number of esters is 2. The van der Waals surface area contributed by atoms with Crippen molar-refractivity contribution in [2.45, 2.75) is 245 Å². The molecular weight excluding hydrogens is 796 g/mol. The lowest BCUT2D eigenvalue weighted by Crippen LogP contribution is -2.29. The molecule has 0 fully saturated rings. The van der Waals surface area contributed by atoms with Crippen molar-refractivity contribution in [2.24, 2.45) is 0 Å². The molecule has 0 rings (SSSR count). The molecule has 0 aliphatic carbocycles. The van der Waals surface area contributed by atoms with E-state index < -0.39 is 26.5 Å². The SMILES string of the molecule is CC/C=C\C/C=C\C/C=C\C/C=C\CCCCCCCCC(=O)OC(COC(=O)CCCCCCCCCCCCC/C=C\CCCCCCCCCC)COP(=O)(O)OCC. The van der Waals surface area contributed by atoms with Crippen LogP contribution in [0.1, 0.15) is 239 Å². The Kier molecular flexibility index (Phi) is 46.5. The maximum Gasteiger partial charge on any atom is 0.472 e. The monoisotopic (exact) mass is 891 g/mol. The molecule has 9 heteroatoms. The Morgan fingerprint density at radius 1 is 0.452 bits per heavy atom. The highest BCUT2D eigenvalue weighted by molar-refractivity contribution is 7.47. The fraction of sp³-hybridized carbons (Fsp3) is 0.774. The van der Waals surface area contributed by atoms with Gasteiger partial charge in [-0.25, -0.2) is 4.57 Å². The van der Waals surface area contributed by atoms with E-state index in [4.69, 9.17) is 18.5 Å². The minimum Gasteiger partial charge on any atom is -0.462 e. The number of hydrogen-bond donors (Lipinski definition) is 1. The standard InChI is InChI=1S/C53H95O8P/c1-4-7-9-11-13-15-17-19-21-23-25-26-27-28-30-31-33-35-37-39-41-43-45-47-52(54)58-49-51(50-60-62(56,57)59-6-3)61-53(55)48-46-44-42-40-38-36-34-32-29-24-22-20-18-16-14-12-10-8-5-2/h8,10,14,16,20,22-23,25,29,32,51H,4-7,9,11-13,15,17-19,21,24,26-28,30-31,33-50H2,1-3H3,(H,56,57)/b10-8-,16-14-,22-20-,25-23-,32-29-. The van der Waals surface area contributed by atoms with Crippen molar-refractivity contribution in [3.63, 3.8) is 0 Å². The smallest absolute Gasteiger partial charge is 0.462 e. The van der Waals surface area contributed by atoms with E-state index in [1.807, 2.05) is 0 Å². The third-order valence-corrected chi connectivity index (χ3v) is 11.9. The molecule has 0 radical (unpaired) electrons. The molecule has 0 saturated heterocycles. The van der Waals surface area contributed by atoms with Crippen molar-refractivity contribution < 1.29 is 37.6 Å². The summed E-state index contributed by atoms with van der Waals surface area (Å²) in [5.41, 5.74) is 0. The lowest BCUT2D eigenvalue weighted by atomic mass is 10.0. The van der Waals surface area contributed by atoms with Gasteiger partial charge in [0.05, 0.1) is 13.2 Å². The number of phosphoric ester groups is 1. The van der Waals surface area contributed by atoms with Gasteiger partial charge in [0.1, 0.15) is 6.61 Å². The van der Waals surface area contributed by atoms with Crippen LogP contribution < -0.4 is 0 Å². The fourth-order valence-corrected chi connectivity index (χ4v) is 7.84. The van der Waals surface area contributed by atoms with Crippen LogP contribution in [0, 0.1) is 0 Å². The fourth-order valence-electron chi connectivity index (χ4n) is 7.09. The quantitative estimate of drug-likeness (QED) is 0.0279. The van der Waals surface area contributed by atoms with Gasteiger partial charge in [-0.1, -0.05) is 203 Å². The van der Waals surface area contributed by atoms with Gasteiger partial charge in [-0.05, 0) is 84.0 Å². The average Bonchev–Trinajstić information content (AvgIpc) is 3.25. The zero-order valence-electron chi connectivity index (χ0n) is 40.3. The van der Waals surface area contributed by atoms with Crippen molar-refractivity contribution in [1.29, 1.82) is 0 Å². The third-order valence-electron chi connectivity index (χ3n) is 10.8. The molecule has 8 nitrogen and oxygen atoms in total. The van der Waals surface area contributed by atoms with E-state index in [0.29, 0.717) is 6.42 Å². The maximum absolute atomic E-state index is 12.6. The second-order valence-electron chi connectivity index (χ2n) is 16.8. The van der Waals surface area contributed by atoms with E-state index in [0.717, 1.165) is 83.5 Å². The van der Waals surface area contributed by atoms with E-state index in [9.17, 15) is 19.0 Å². The molecule has 0 bridgehead atoms. The number of allylic oxidation sites excluding steroid dienone is 10. The molecule has 0 aromatic rings. The first-order valence-electron chi connectivity index (χ1n) is 25.6. The van der Waals surface area contributed by atoms with E-state index in [-0.39, 0.29) is 32.0 Å². The Labute approximate surface area is 381 Å². The highest BCUT2D eigenvalue weighted by Crippen LogP contribution is 2.43. The molecule has 360 valence electrons. The van der Waals surface area contributed by atoms with Gasteiger partial charge in [0, 0.05) is 12.8 Å². The first-order valence-corrected chi connectivity index (χ1v) is 27.1. The van der Waals surface area contributed by atoms with E-state index >= 15 is 0 Å². The summed E-state index contributed by atoms with van der Waals surface area (Å²) in [6, 6.07) is 0. The Morgan fingerprint density at radius 3 is 1.26 bits per heavy atom. The van der Waals surface area contributed by atoms with Gasteiger partial charge in [-0.2, -0.15) is 0 Å². The van der Waals surface area contributed by atoms with Crippen molar-refractivity contribution in [2.75, 3.05) is 19.8 Å². The molecule has 0 aliphatic rings. The maximum atomic E-state index is 12.6. The van der Waals surface area contributed by atoms with Crippen LogP contribution in [-0.2, 0) is 32.7 Å². The highest BCUT2D eigenvalue weighted by atomic mass is 31.2. The number of rotatable bonds is 47. The van der Waals surface area contributed by atoms with Gasteiger partial charge >= 0.3 is 19.8 Å². The number of ether oxygens (including phenoxy) is 2. The Balaban J connectivity index is 3.99.